The first kappa shape index (κ1) is 23.4. The minimum Gasteiger partial charge on any atom is -0.391 e. The summed E-state index contributed by atoms with van der Waals surface area (Å²) < 4.78 is 16.7. The lowest BCUT2D eigenvalue weighted by Crippen LogP contribution is -2.35. The maximum atomic E-state index is 15.0. The zero-order valence-electron chi connectivity index (χ0n) is 18.5. The van der Waals surface area contributed by atoms with Gasteiger partial charge in [-0.1, -0.05) is 29.8 Å². The van der Waals surface area contributed by atoms with Crippen LogP contribution in [0.15, 0.2) is 67.1 Å². The first-order valence-electron chi connectivity index (χ1n) is 10.5. The van der Waals surface area contributed by atoms with Crippen LogP contribution in [0.5, 0.6) is 0 Å². The average molecular weight is 480 g/mol. The van der Waals surface area contributed by atoms with Gasteiger partial charge in [-0.05, 0) is 48.4 Å². The van der Waals surface area contributed by atoms with E-state index in [1.54, 1.807) is 53.5 Å². The third-order valence-corrected chi connectivity index (χ3v) is 5.69. The smallest absolute Gasteiger partial charge is 0.254 e. The molecule has 4 N–H and O–H groups in total. The summed E-state index contributed by atoms with van der Waals surface area (Å²) >= 11 is 6.04. The normalized spacial score (nSPS) is 12.9. The number of halogens is 2. The second kappa shape index (κ2) is 9.62. The molecule has 7 nitrogen and oxygen atoms in total. The number of aryl methyl sites for hydroxylation is 1. The number of rotatable bonds is 6. The van der Waals surface area contributed by atoms with Crippen LogP contribution in [0.1, 0.15) is 28.9 Å². The minimum atomic E-state index is -0.925. The molecule has 34 heavy (non-hydrogen) atoms. The predicted octanol–water partition coefficient (Wildman–Crippen LogP) is 4.38. The lowest BCUT2D eigenvalue weighted by molar-refractivity contribution is 0.0854. The van der Waals surface area contributed by atoms with E-state index in [2.05, 4.69) is 15.4 Å². The van der Waals surface area contributed by atoms with Gasteiger partial charge < -0.3 is 16.2 Å². The molecule has 2 heterocycles. The zero-order chi connectivity index (χ0) is 24.4. The zero-order valence-corrected chi connectivity index (χ0v) is 19.3. The monoisotopic (exact) mass is 479 g/mol. The van der Waals surface area contributed by atoms with Gasteiger partial charge in [-0.3, -0.25) is 9.48 Å². The number of hydrogen-bond acceptors (Lipinski definition) is 5. The Bertz CT molecular complexity index is 1350. The Labute approximate surface area is 201 Å². The Morgan fingerprint density at radius 2 is 1.94 bits per heavy atom. The standard InChI is InChI=1S/C25H23ClFN5O2/c1-14(33)23(16-4-3-5-19(26)8-16)31-25(34)20-7-6-15(10-22(20)27)21-9-17(11-29-24(21)28)18-12-30-32(2)13-18/h3-14,23,33H,1-2H3,(H2,28,29)(H,31,34)/t14-,23-/m1/s1. The van der Waals surface area contributed by atoms with Crippen molar-refractivity contribution in [3.05, 3.63) is 89.1 Å². The van der Waals surface area contributed by atoms with E-state index in [1.807, 2.05) is 13.2 Å². The number of aliphatic hydroxyl groups excluding tert-OH is 1. The maximum absolute atomic E-state index is 15.0. The first-order chi connectivity index (χ1) is 16.2. The van der Waals surface area contributed by atoms with Crippen LogP contribution in [-0.4, -0.2) is 31.9 Å². The number of anilines is 1. The molecule has 4 rings (SSSR count). The van der Waals surface area contributed by atoms with E-state index >= 15 is 4.39 Å². The molecule has 0 aliphatic rings. The molecule has 0 bridgehead atoms. The van der Waals surface area contributed by atoms with Crippen molar-refractivity contribution in [3.63, 3.8) is 0 Å². The van der Waals surface area contributed by atoms with Crippen LogP contribution >= 0.6 is 11.6 Å². The molecule has 0 aliphatic heterocycles. The van der Waals surface area contributed by atoms with Gasteiger partial charge in [0.15, 0.2) is 0 Å². The number of carbonyl (C=O) groups is 1. The highest BCUT2D eigenvalue weighted by Gasteiger charge is 2.23. The quantitative estimate of drug-likeness (QED) is 0.380. The summed E-state index contributed by atoms with van der Waals surface area (Å²) in [6, 6.07) is 12.0. The van der Waals surface area contributed by atoms with Crippen molar-refractivity contribution in [1.29, 1.82) is 0 Å². The molecule has 0 saturated heterocycles. The molecule has 1 amide bonds. The SMILES string of the molecule is C[C@@H](O)[C@@H](NC(=O)c1ccc(-c2cc(-c3cnn(C)c3)cnc2N)cc1F)c1cccc(Cl)c1. The van der Waals surface area contributed by atoms with Crippen LogP contribution in [0.3, 0.4) is 0 Å². The van der Waals surface area contributed by atoms with E-state index in [9.17, 15) is 9.90 Å². The van der Waals surface area contributed by atoms with E-state index in [-0.39, 0.29) is 11.4 Å². The van der Waals surface area contributed by atoms with Crippen molar-refractivity contribution in [2.45, 2.75) is 19.1 Å². The molecular formula is C25H23ClFN5O2. The molecule has 9 heteroatoms. The number of nitrogens with zero attached hydrogens (tertiary/aromatic N) is 3. The fourth-order valence-electron chi connectivity index (χ4n) is 3.70. The molecule has 2 aromatic heterocycles. The van der Waals surface area contributed by atoms with Gasteiger partial charge in [-0.2, -0.15) is 5.10 Å². The molecule has 174 valence electrons. The largest absolute Gasteiger partial charge is 0.391 e. The highest BCUT2D eigenvalue weighted by Crippen LogP contribution is 2.31. The summed E-state index contributed by atoms with van der Waals surface area (Å²) in [7, 11) is 1.81. The second-order valence-corrected chi connectivity index (χ2v) is 8.44. The summed E-state index contributed by atoms with van der Waals surface area (Å²) in [5, 5.41) is 17.5. The Kier molecular flexibility index (Phi) is 6.63. The van der Waals surface area contributed by atoms with Gasteiger partial charge in [0.1, 0.15) is 11.6 Å². The van der Waals surface area contributed by atoms with Crippen molar-refractivity contribution < 1.29 is 14.3 Å². The molecule has 0 radical (unpaired) electrons. The number of amides is 1. The maximum Gasteiger partial charge on any atom is 0.254 e. The molecule has 2 aromatic carbocycles. The fraction of sp³-hybridized carbons (Fsp3) is 0.160. The summed E-state index contributed by atoms with van der Waals surface area (Å²) in [6.45, 7) is 1.54. The van der Waals surface area contributed by atoms with Crippen LogP contribution < -0.4 is 11.1 Å². The number of nitrogen functional groups attached to an aromatic ring is 1. The Morgan fingerprint density at radius 3 is 2.59 bits per heavy atom. The van der Waals surface area contributed by atoms with E-state index in [0.29, 0.717) is 21.7 Å². The molecule has 0 saturated carbocycles. The number of benzene rings is 2. The van der Waals surface area contributed by atoms with Gasteiger partial charge in [-0.15, -0.1) is 0 Å². The van der Waals surface area contributed by atoms with E-state index in [0.717, 1.165) is 11.1 Å². The van der Waals surface area contributed by atoms with Gasteiger partial charge in [0, 0.05) is 41.2 Å². The molecule has 4 aromatic rings. The van der Waals surface area contributed by atoms with Gasteiger partial charge >= 0.3 is 0 Å². The van der Waals surface area contributed by atoms with Crippen LogP contribution in [0.4, 0.5) is 10.2 Å². The van der Waals surface area contributed by atoms with Crippen LogP contribution in [0.2, 0.25) is 5.02 Å². The number of carbonyl (C=O) groups excluding carboxylic acids is 1. The highest BCUT2D eigenvalue weighted by molar-refractivity contribution is 6.30. The summed E-state index contributed by atoms with van der Waals surface area (Å²) in [5.74, 6) is -1.15. The van der Waals surface area contributed by atoms with E-state index in [4.69, 9.17) is 17.3 Å². The Hall–Kier alpha value is -3.75. The topological polar surface area (TPSA) is 106 Å². The number of aromatic nitrogens is 3. The Morgan fingerprint density at radius 1 is 1.15 bits per heavy atom. The van der Waals surface area contributed by atoms with Gasteiger partial charge in [0.25, 0.3) is 5.91 Å². The average Bonchev–Trinajstić information content (AvgIpc) is 3.23. The highest BCUT2D eigenvalue weighted by atomic mass is 35.5. The summed E-state index contributed by atoms with van der Waals surface area (Å²) in [6.07, 6.45) is 4.23. The molecule has 0 aliphatic carbocycles. The second-order valence-electron chi connectivity index (χ2n) is 8.00. The van der Waals surface area contributed by atoms with Crippen molar-refractivity contribution in [2.75, 3.05) is 5.73 Å². The third-order valence-electron chi connectivity index (χ3n) is 5.46. The fourth-order valence-corrected chi connectivity index (χ4v) is 3.90. The predicted molar refractivity (Wildman–Crippen MR) is 130 cm³/mol. The van der Waals surface area contributed by atoms with E-state index < -0.39 is 23.9 Å². The van der Waals surface area contributed by atoms with Crippen LogP contribution in [0.25, 0.3) is 22.3 Å². The minimum absolute atomic E-state index is 0.161. The van der Waals surface area contributed by atoms with Crippen LogP contribution in [0, 0.1) is 5.82 Å². The number of aliphatic hydroxyl groups is 1. The van der Waals surface area contributed by atoms with Crippen molar-refractivity contribution >= 4 is 23.3 Å². The lowest BCUT2D eigenvalue weighted by Gasteiger charge is -2.22. The van der Waals surface area contributed by atoms with Crippen molar-refractivity contribution in [1.82, 2.24) is 20.1 Å². The summed E-state index contributed by atoms with van der Waals surface area (Å²) in [5.41, 5.74) is 9.14. The van der Waals surface area contributed by atoms with Crippen molar-refractivity contribution in [3.8, 4) is 22.3 Å². The number of nitrogens with one attached hydrogen (secondary N) is 1. The van der Waals surface area contributed by atoms with Gasteiger partial charge in [-0.25, -0.2) is 9.37 Å². The first-order valence-corrected chi connectivity index (χ1v) is 10.9. The Balaban J connectivity index is 1.61. The van der Waals surface area contributed by atoms with E-state index in [1.165, 1.54) is 19.1 Å². The van der Waals surface area contributed by atoms with Crippen LogP contribution in [-0.2, 0) is 7.05 Å². The van der Waals surface area contributed by atoms with Gasteiger partial charge in [0.05, 0.1) is 23.9 Å². The molecule has 0 unspecified atom stereocenters. The number of pyridine rings is 1. The number of nitrogens with two attached hydrogens (primary N) is 1. The molecule has 2 atom stereocenters. The number of hydrogen-bond donors (Lipinski definition) is 3. The lowest BCUT2D eigenvalue weighted by atomic mass is 9.99. The van der Waals surface area contributed by atoms with Gasteiger partial charge in [0.2, 0.25) is 0 Å². The molecule has 0 spiro atoms. The van der Waals surface area contributed by atoms with Crippen molar-refractivity contribution in [2.24, 2.45) is 7.05 Å². The molecule has 0 fully saturated rings. The molecular weight excluding hydrogens is 457 g/mol. The summed E-state index contributed by atoms with van der Waals surface area (Å²) in [4.78, 5) is 17.1. The third kappa shape index (κ3) is 4.93.